The van der Waals surface area contributed by atoms with Crippen molar-refractivity contribution in [3.05, 3.63) is 35.4 Å². The van der Waals surface area contributed by atoms with Gasteiger partial charge in [0.1, 0.15) is 0 Å². The van der Waals surface area contributed by atoms with Gasteiger partial charge in [-0.3, -0.25) is 0 Å². The molecule has 2 aliphatic rings. The van der Waals surface area contributed by atoms with Gasteiger partial charge in [0.15, 0.2) is 0 Å². The van der Waals surface area contributed by atoms with Gasteiger partial charge in [-0.1, -0.05) is 30.0 Å². The molecular weight excluding hydrogens is 298 g/mol. The Morgan fingerprint density at radius 1 is 1.21 bits per heavy atom. The summed E-state index contributed by atoms with van der Waals surface area (Å²) >= 11 is 0. The van der Waals surface area contributed by atoms with E-state index in [4.69, 9.17) is 9.47 Å². The molecule has 0 amide bonds. The molecule has 0 spiro atoms. The average molecular weight is 327 g/mol. The Bertz CT molecular complexity index is 565. The highest BCUT2D eigenvalue weighted by Crippen LogP contribution is 2.33. The second-order valence-corrected chi connectivity index (χ2v) is 6.88. The minimum absolute atomic E-state index is 0.124. The summed E-state index contributed by atoms with van der Waals surface area (Å²) in [6, 6.07) is 8.54. The van der Waals surface area contributed by atoms with E-state index in [1.54, 1.807) is 7.11 Å². The Morgan fingerprint density at radius 2 is 2.08 bits per heavy atom. The first kappa shape index (κ1) is 17.5. The normalized spacial score (nSPS) is 21.8. The van der Waals surface area contributed by atoms with Gasteiger partial charge in [0, 0.05) is 44.3 Å². The fourth-order valence-electron chi connectivity index (χ4n) is 3.30. The zero-order valence-electron chi connectivity index (χ0n) is 14.7. The monoisotopic (exact) mass is 327 g/mol. The lowest BCUT2D eigenvalue weighted by Gasteiger charge is -2.31. The molecule has 1 aliphatic heterocycles. The van der Waals surface area contributed by atoms with Crippen molar-refractivity contribution in [3.8, 4) is 11.8 Å². The first-order valence-electron chi connectivity index (χ1n) is 9.30. The van der Waals surface area contributed by atoms with Crippen molar-refractivity contribution in [2.45, 2.75) is 38.2 Å². The van der Waals surface area contributed by atoms with Gasteiger partial charge >= 0.3 is 0 Å². The third-order valence-electron chi connectivity index (χ3n) is 4.81. The molecule has 1 saturated heterocycles. The highest BCUT2D eigenvalue weighted by atomic mass is 16.5. The summed E-state index contributed by atoms with van der Waals surface area (Å²) in [5.41, 5.74) is 2.41. The maximum absolute atomic E-state index is 6.35. The summed E-state index contributed by atoms with van der Waals surface area (Å²) in [5.74, 6) is 7.97. The van der Waals surface area contributed by atoms with Crippen molar-refractivity contribution >= 4 is 0 Å². The Labute approximate surface area is 146 Å². The quantitative estimate of drug-likeness (QED) is 0.614. The van der Waals surface area contributed by atoms with Crippen molar-refractivity contribution in [2.24, 2.45) is 11.8 Å². The summed E-state index contributed by atoms with van der Waals surface area (Å²) < 4.78 is 11.5. The Morgan fingerprint density at radius 3 is 2.83 bits per heavy atom. The number of benzene rings is 1. The van der Waals surface area contributed by atoms with Crippen LogP contribution in [-0.2, 0) is 9.47 Å². The van der Waals surface area contributed by atoms with Crippen LogP contribution in [0.4, 0.5) is 0 Å². The highest BCUT2D eigenvalue weighted by Gasteiger charge is 2.27. The molecule has 3 nitrogen and oxygen atoms in total. The molecule has 3 rings (SSSR count). The van der Waals surface area contributed by atoms with E-state index in [1.807, 2.05) is 0 Å². The fourth-order valence-corrected chi connectivity index (χ4v) is 3.30. The molecule has 130 valence electrons. The lowest BCUT2D eigenvalue weighted by Crippen LogP contribution is -2.34. The van der Waals surface area contributed by atoms with Crippen LogP contribution in [0.15, 0.2) is 24.3 Å². The van der Waals surface area contributed by atoms with Gasteiger partial charge in [-0.15, -0.1) is 0 Å². The molecule has 1 aromatic carbocycles. The van der Waals surface area contributed by atoms with E-state index in [2.05, 4.69) is 41.4 Å². The van der Waals surface area contributed by atoms with E-state index in [0.29, 0.717) is 11.8 Å². The Kier molecular flexibility index (Phi) is 6.72. The van der Waals surface area contributed by atoms with Crippen molar-refractivity contribution in [3.63, 3.8) is 0 Å². The van der Waals surface area contributed by atoms with Gasteiger partial charge in [-0.05, 0) is 50.3 Å². The standard InChI is InChI=1S/C21H29NO2/c1-23-14-5-15-24-21(19-7-4-13-22-16-19)20-8-3-2-6-18(20)12-11-17-9-10-17/h2-3,6,8,17,19,21-22H,4-5,7,9-10,13-16H2,1H3/t19-,21-/m1/s1. The second kappa shape index (κ2) is 9.22. The van der Waals surface area contributed by atoms with Crippen LogP contribution in [0.1, 0.15) is 49.3 Å². The zero-order valence-corrected chi connectivity index (χ0v) is 14.7. The average Bonchev–Trinajstić information content (AvgIpc) is 3.46. The third-order valence-corrected chi connectivity index (χ3v) is 4.81. The lowest BCUT2D eigenvalue weighted by molar-refractivity contribution is -0.00515. The molecule has 0 unspecified atom stereocenters. The number of hydrogen-bond acceptors (Lipinski definition) is 3. The van der Waals surface area contributed by atoms with Gasteiger partial charge in [0.25, 0.3) is 0 Å². The predicted octanol–water partition coefficient (Wildman–Crippen LogP) is 3.54. The first-order chi connectivity index (χ1) is 11.9. The molecule has 1 N–H and O–H groups in total. The van der Waals surface area contributed by atoms with Crippen molar-refractivity contribution in [2.75, 3.05) is 33.4 Å². The van der Waals surface area contributed by atoms with Gasteiger partial charge in [0.05, 0.1) is 6.10 Å². The first-order valence-corrected chi connectivity index (χ1v) is 9.30. The van der Waals surface area contributed by atoms with E-state index >= 15 is 0 Å². The number of methoxy groups -OCH3 is 1. The van der Waals surface area contributed by atoms with Crippen molar-refractivity contribution in [1.29, 1.82) is 0 Å². The summed E-state index contributed by atoms with van der Waals surface area (Å²) in [7, 11) is 1.74. The summed E-state index contributed by atoms with van der Waals surface area (Å²) in [6.45, 7) is 3.63. The van der Waals surface area contributed by atoms with Crippen LogP contribution in [-0.4, -0.2) is 33.4 Å². The molecule has 1 heterocycles. The fraction of sp³-hybridized carbons (Fsp3) is 0.619. The molecule has 2 fully saturated rings. The number of nitrogens with one attached hydrogen (secondary N) is 1. The van der Waals surface area contributed by atoms with Crippen LogP contribution < -0.4 is 5.32 Å². The van der Waals surface area contributed by atoms with E-state index in [9.17, 15) is 0 Å². The molecule has 2 atom stereocenters. The van der Waals surface area contributed by atoms with Crippen molar-refractivity contribution < 1.29 is 9.47 Å². The van der Waals surface area contributed by atoms with Crippen LogP contribution in [0.5, 0.6) is 0 Å². The minimum Gasteiger partial charge on any atom is -0.385 e. The van der Waals surface area contributed by atoms with Gasteiger partial charge < -0.3 is 14.8 Å². The van der Waals surface area contributed by atoms with Crippen LogP contribution in [0, 0.1) is 23.7 Å². The summed E-state index contributed by atoms with van der Waals surface area (Å²) in [5, 5.41) is 3.53. The molecule has 3 heteroatoms. The van der Waals surface area contributed by atoms with Gasteiger partial charge in [-0.2, -0.15) is 0 Å². The molecule has 1 aliphatic carbocycles. The van der Waals surface area contributed by atoms with Gasteiger partial charge in [0.2, 0.25) is 0 Å². The van der Waals surface area contributed by atoms with E-state index in [1.165, 1.54) is 31.2 Å². The highest BCUT2D eigenvalue weighted by molar-refractivity contribution is 5.43. The topological polar surface area (TPSA) is 30.5 Å². The largest absolute Gasteiger partial charge is 0.385 e. The molecule has 0 radical (unpaired) electrons. The molecule has 1 aromatic rings. The van der Waals surface area contributed by atoms with E-state index in [-0.39, 0.29) is 6.10 Å². The lowest BCUT2D eigenvalue weighted by atomic mass is 9.87. The molecule has 0 bridgehead atoms. The van der Waals surface area contributed by atoms with Crippen LogP contribution >= 0.6 is 0 Å². The van der Waals surface area contributed by atoms with Crippen LogP contribution in [0.25, 0.3) is 0 Å². The smallest absolute Gasteiger partial charge is 0.0877 e. The number of hydrogen-bond donors (Lipinski definition) is 1. The van der Waals surface area contributed by atoms with E-state index < -0.39 is 0 Å². The summed E-state index contributed by atoms with van der Waals surface area (Å²) in [4.78, 5) is 0. The number of rotatable bonds is 7. The Balaban J connectivity index is 1.77. The number of piperidine rings is 1. The van der Waals surface area contributed by atoms with Crippen LogP contribution in [0.2, 0.25) is 0 Å². The van der Waals surface area contributed by atoms with Crippen molar-refractivity contribution in [1.82, 2.24) is 5.32 Å². The number of ether oxygens (including phenoxy) is 2. The minimum atomic E-state index is 0.124. The summed E-state index contributed by atoms with van der Waals surface area (Å²) in [6.07, 6.45) is 6.02. The third kappa shape index (κ3) is 5.08. The molecular formula is C21H29NO2. The Hall–Kier alpha value is -1.34. The predicted molar refractivity (Wildman–Crippen MR) is 96.8 cm³/mol. The second-order valence-electron chi connectivity index (χ2n) is 6.88. The molecule has 1 saturated carbocycles. The molecule has 24 heavy (non-hydrogen) atoms. The van der Waals surface area contributed by atoms with Crippen LogP contribution in [0.3, 0.4) is 0 Å². The zero-order chi connectivity index (χ0) is 16.6. The van der Waals surface area contributed by atoms with Gasteiger partial charge in [-0.25, -0.2) is 0 Å². The van der Waals surface area contributed by atoms with E-state index in [0.717, 1.165) is 38.3 Å². The maximum atomic E-state index is 6.35. The SMILES string of the molecule is COCCCO[C@@H](c1ccccc1C#CC1CC1)[C@@H]1CCCNC1. The molecule has 0 aromatic heterocycles. The maximum Gasteiger partial charge on any atom is 0.0877 e.